The first-order valence-electron chi connectivity index (χ1n) is 13.6. The number of carboxylic acids is 1. The molecule has 0 bridgehead atoms. The van der Waals surface area contributed by atoms with Gasteiger partial charge in [0.05, 0.1) is 12.6 Å². The number of ether oxygens (including phenoxy) is 1. The van der Waals surface area contributed by atoms with Gasteiger partial charge in [-0.2, -0.15) is 0 Å². The Kier molecular flexibility index (Phi) is 7.69. The van der Waals surface area contributed by atoms with Crippen molar-refractivity contribution in [2.45, 2.75) is 44.8 Å². The second kappa shape index (κ2) is 11.5. The molecule has 10 heteroatoms. The summed E-state index contributed by atoms with van der Waals surface area (Å²) >= 11 is 5.91. The maximum atomic E-state index is 14.4. The van der Waals surface area contributed by atoms with Crippen molar-refractivity contribution in [1.29, 1.82) is 0 Å². The summed E-state index contributed by atoms with van der Waals surface area (Å²) in [5, 5.41) is 11.8. The van der Waals surface area contributed by atoms with E-state index in [1.807, 2.05) is 33.9 Å². The summed E-state index contributed by atoms with van der Waals surface area (Å²) < 4.78 is 22.1. The Bertz CT molecular complexity index is 1530. The van der Waals surface area contributed by atoms with E-state index >= 15 is 0 Å². The van der Waals surface area contributed by atoms with Gasteiger partial charge in [0, 0.05) is 43.1 Å². The first kappa shape index (κ1) is 26.7. The monoisotopic (exact) mass is 564 g/mol. The van der Waals surface area contributed by atoms with Crippen LogP contribution in [0.2, 0.25) is 5.02 Å². The Morgan fingerprint density at radius 3 is 2.60 bits per heavy atom. The third-order valence-corrected chi connectivity index (χ3v) is 7.95. The molecule has 2 aromatic carbocycles. The van der Waals surface area contributed by atoms with Gasteiger partial charge in [-0.1, -0.05) is 35.9 Å². The van der Waals surface area contributed by atoms with Crippen molar-refractivity contribution in [1.82, 2.24) is 19.6 Å². The molecule has 1 unspecified atom stereocenters. The summed E-state index contributed by atoms with van der Waals surface area (Å²) in [6.45, 7) is 2.87. The van der Waals surface area contributed by atoms with Crippen LogP contribution in [0.3, 0.4) is 0 Å². The number of piperidine rings is 1. The van der Waals surface area contributed by atoms with Gasteiger partial charge >= 0.3 is 5.97 Å². The molecule has 2 saturated heterocycles. The summed E-state index contributed by atoms with van der Waals surface area (Å²) in [7, 11) is 0. The minimum absolute atomic E-state index is 0.0132. The first-order chi connectivity index (χ1) is 19.4. The quantitative estimate of drug-likeness (QED) is 0.285. The topological polar surface area (TPSA) is 89.7 Å². The van der Waals surface area contributed by atoms with Crippen LogP contribution in [0.5, 0.6) is 5.75 Å². The van der Waals surface area contributed by atoms with Gasteiger partial charge in [-0.25, -0.2) is 19.2 Å². The molecule has 2 aliphatic rings. The Morgan fingerprint density at radius 2 is 1.88 bits per heavy atom. The van der Waals surface area contributed by atoms with Crippen LogP contribution < -0.4 is 4.84 Å². The van der Waals surface area contributed by atoms with E-state index in [9.17, 15) is 14.3 Å². The summed E-state index contributed by atoms with van der Waals surface area (Å²) in [5.74, 6) is 0.652. The number of fused-ring (bicyclic) bond motifs is 1. The lowest BCUT2D eigenvalue weighted by molar-refractivity contribution is -0.0825. The number of imidazole rings is 1. The second-order valence-electron chi connectivity index (χ2n) is 10.5. The molecule has 4 aromatic rings. The van der Waals surface area contributed by atoms with E-state index in [2.05, 4.69) is 4.98 Å². The lowest BCUT2D eigenvalue weighted by Gasteiger charge is -2.32. The van der Waals surface area contributed by atoms with Crippen molar-refractivity contribution < 1.29 is 23.9 Å². The van der Waals surface area contributed by atoms with E-state index in [1.54, 1.807) is 18.2 Å². The Labute approximate surface area is 236 Å². The fourth-order valence-electron chi connectivity index (χ4n) is 5.36. The van der Waals surface area contributed by atoms with Gasteiger partial charge in [-0.15, -0.1) is 5.06 Å². The average Bonchev–Trinajstić information content (AvgIpc) is 3.25. The third kappa shape index (κ3) is 5.82. The predicted molar refractivity (Wildman–Crippen MR) is 148 cm³/mol. The van der Waals surface area contributed by atoms with Crippen molar-refractivity contribution >= 4 is 28.7 Å². The van der Waals surface area contributed by atoms with E-state index in [0.717, 1.165) is 62.5 Å². The van der Waals surface area contributed by atoms with E-state index in [-0.39, 0.29) is 17.6 Å². The number of carboxylic acid groups (broad SMARTS) is 1. The van der Waals surface area contributed by atoms with Gasteiger partial charge in [0.1, 0.15) is 17.2 Å². The van der Waals surface area contributed by atoms with Crippen molar-refractivity contribution in [3.63, 3.8) is 0 Å². The van der Waals surface area contributed by atoms with Crippen LogP contribution in [0, 0.1) is 11.7 Å². The van der Waals surface area contributed by atoms with Gasteiger partial charge in [-0.3, -0.25) is 0 Å². The van der Waals surface area contributed by atoms with Crippen LogP contribution >= 0.6 is 11.6 Å². The number of para-hydroxylation sites is 1. The maximum absolute atomic E-state index is 14.4. The SMILES string of the molecule is O=C(O)c1ccc2nc(CC3CCN(Oc4ccccc4Cc4ccc(Cl)cc4F)CC3)n(CC3CCO3)c2n1. The molecule has 8 nitrogen and oxygen atoms in total. The number of benzene rings is 2. The zero-order valence-electron chi connectivity index (χ0n) is 21.9. The van der Waals surface area contributed by atoms with Gasteiger partial charge in [0.25, 0.3) is 0 Å². The molecule has 0 amide bonds. The molecule has 1 N–H and O–H groups in total. The van der Waals surface area contributed by atoms with E-state index in [0.29, 0.717) is 40.6 Å². The summed E-state index contributed by atoms with van der Waals surface area (Å²) in [6, 6.07) is 15.7. The maximum Gasteiger partial charge on any atom is 0.354 e. The van der Waals surface area contributed by atoms with Gasteiger partial charge in [-0.05, 0) is 61.1 Å². The molecule has 208 valence electrons. The standard InChI is InChI=1S/C30H30ClFN4O4/c31-22-6-5-20(24(32)17-22)16-21-3-1-2-4-27(21)40-35-12-9-19(10-13-35)15-28-33-25-7-8-26(30(37)38)34-29(25)36(28)18-23-11-14-39-23/h1-8,17,19,23H,9-16,18H2,(H,37,38). The smallest absolute Gasteiger partial charge is 0.354 e. The van der Waals surface area contributed by atoms with Crippen LogP contribution in [0.25, 0.3) is 11.2 Å². The Morgan fingerprint density at radius 1 is 1.07 bits per heavy atom. The van der Waals surface area contributed by atoms with Crippen LogP contribution in [-0.2, 0) is 24.1 Å². The van der Waals surface area contributed by atoms with E-state index < -0.39 is 5.97 Å². The van der Waals surface area contributed by atoms with Gasteiger partial charge in [0.2, 0.25) is 0 Å². The third-order valence-electron chi connectivity index (χ3n) is 7.71. The average molecular weight is 565 g/mol. The van der Waals surface area contributed by atoms with Crippen LogP contribution in [-0.4, -0.2) is 56.5 Å². The fourth-order valence-corrected chi connectivity index (χ4v) is 5.52. The highest BCUT2D eigenvalue weighted by Crippen LogP contribution is 2.29. The van der Waals surface area contributed by atoms with Crippen LogP contribution in [0.1, 0.15) is 46.7 Å². The molecule has 40 heavy (non-hydrogen) atoms. The summed E-state index contributed by atoms with van der Waals surface area (Å²) in [6.07, 6.45) is 4.10. The number of aromatic nitrogens is 3. The lowest BCUT2D eigenvalue weighted by Crippen LogP contribution is -2.37. The molecule has 0 aliphatic carbocycles. The largest absolute Gasteiger partial charge is 0.477 e. The summed E-state index contributed by atoms with van der Waals surface area (Å²) in [5.41, 5.74) is 2.79. The minimum atomic E-state index is -1.05. The number of hydrogen-bond donors (Lipinski definition) is 1. The van der Waals surface area contributed by atoms with Crippen molar-refractivity contribution in [3.05, 3.63) is 88.1 Å². The molecule has 4 heterocycles. The number of carbonyl (C=O) groups is 1. The normalized spacial score (nSPS) is 18.1. The minimum Gasteiger partial charge on any atom is -0.477 e. The number of nitrogens with zero attached hydrogens (tertiary/aromatic N) is 4. The number of halogens is 2. The molecule has 2 fully saturated rings. The number of aromatic carboxylic acids is 1. The van der Waals surface area contributed by atoms with Crippen molar-refractivity contribution in [2.24, 2.45) is 5.92 Å². The fraction of sp³-hybridized carbons (Fsp3) is 0.367. The highest BCUT2D eigenvalue weighted by molar-refractivity contribution is 6.30. The number of rotatable bonds is 9. The first-order valence-corrected chi connectivity index (χ1v) is 14.0. The molecule has 0 radical (unpaired) electrons. The lowest BCUT2D eigenvalue weighted by atomic mass is 9.94. The van der Waals surface area contributed by atoms with E-state index in [1.165, 1.54) is 12.1 Å². The second-order valence-corrected chi connectivity index (χ2v) is 10.9. The zero-order chi connectivity index (χ0) is 27.6. The Hall–Kier alpha value is -3.53. The predicted octanol–water partition coefficient (Wildman–Crippen LogP) is 5.55. The molecule has 0 spiro atoms. The Balaban J connectivity index is 1.12. The van der Waals surface area contributed by atoms with Crippen LogP contribution in [0.15, 0.2) is 54.6 Å². The molecule has 1 atom stereocenters. The van der Waals surface area contributed by atoms with Gasteiger partial charge in [0.15, 0.2) is 17.1 Å². The van der Waals surface area contributed by atoms with Gasteiger partial charge < -0.3 is 19.2 Å². The molecular formula is C30H30ClFN4O4. The van der Waals surface area contributed by atoms with E-state index in [4.69, 9.17) is 26.2 Å². The molecule has 2 aliphatic heterocycles. The highest BCUT2D eigenvalue weighted by Gasteiger charge is 2.27. The zero-order valence-corrected chi connectivity index (χ0v) is 22.7. The number of hydroxylamine groups is 2. The van der Waals surface area contributed by atoms with Crippen molar-refractivity contribution in [3.8, 4) is 5.75 Å². The summed E-state index contributed by atoms with van der Waals surface area (Å²) in [4.78, 5) is 27.0. The number of pyridine rings is 1. The number of hydrogen-bond acceptors (Lipinski definition) is 6. The van der Waals surface area contributed by atoms with Crippen LogP contribution in [0.4, 0.5) is 4.39 Å². The molecule has 0 saturated carbocycles. The molecule has 2 aromatic heterocycles. The van der Waals surface area contributed by atoms with Crippen molar-refractivity contribution in [2.75, 3.05) is 19.7 Å². The highest BCUT2D eigenvalue weighted by atomic mass is 35.5. The molecular weight excluding hydrogens is 535 g/mol. The molecule has 6 rings (SSSR count).